The first-order chi connectivity index (χ1) is 9.19. The van der Waals surface area contributed by atoms with Crippen molar-refractivity contribution in [2.75, 3.05) is 14.2 Å². The Labute approximate surface area is 111 Å². The van der Waals surface area contributed by atoms with Crippen LogP contribution in [0.4, 0.5) is 0 Å². The Hall–Kier alpha value is -2.30. The molecule has 2 aromatic rings. The monoisotopic (exact) mass is 260 g/mol. The Morgan fingerprint density at radius 3 is 2.53 bits per heavy atom. The van der Waals surface area contributed by atoms with Gasteiger partial charge in [0, 0.05) is 18.3 Å². The standard InChI is InChI=1S/C14H16N2O3/c1-4-16-9-11(8-15-16)14(17)10-5-6-12(18-2)13(7-10)19-3/h5-9H,4H2,1-3H3. The highest BCUT2D eigenvalue weighted by molar-refractivity contribution is 6.09. The summed E-state index contributed by atoms with van der Waals surface area (Å²) in [6.45, 7) is 2.71. The van der Waals surface area contributed by atoms with Crippen LogP contribution in [0, 0.1) is 0 Å². The molecule has 0 radical (unpaired) electrons. The van der Waals surface area contributed by atoms with Crippen molar-refractivity contribution in [3.05, 3.63) is 41.7 Å². The van der Waals surface area contributed by atoms with Crippen LogP contribution in [0.5, 0.6) is 11.5 Å². The van der Waals surface area contributed by atoms with Crippen LogP contribution in [0.3, 0.4) is 0 Å². The van der Waals surface area contributed by atoms with Crippen molar-refractivity contribution in [1.82, 2.24) is 9.78 Å². The molecular formula is C14H16N2O3. The zero-order valence-electron chi connectivity index (χ0n) is 11.2. The fourth-order valence-electron chi connectivity index (χ4n) is 1.80. The van der Waals surface area contributed by atoms with Gasteiger partial charge in [-0.2, -0.15) is 5.10 Å². The molecule has 5 nitrogen and oxygen atoms in total. The van der Waals surface area contributed by atoms with Gasteiger partial charge in [0.15, 0.2) is 17.3 Å². The molecule has 0 amide bonds. The summed E-state index contributed by atoms with van der Waals surface area (Å²) in [5.74, 6) is 1.06. The molecule has 0 fully saturated rings. The van der Waals surface area contributed by atoms with Crippen molar-refractivity contribution in [2.24, 2.45) is 0 Å². The van der Waals surface area contributed by atoms with E-state index in [0.717, 1.165) is 6.54 Å². The van der Waals surface area contributed by atoms with Gasteiger partial charge in [-0.3, -0.25) is 9.48 Å². The maximum absolute atomic E-state index is 12.3. The van der Waals surface area contributed by atoms with Gasteiger partial charge in [-0.1, -0.05) is 0 Å². The minimum atomic E-state index is -0.0827. The van der Waals surface area contributed by atoms with Crippen LogP contribution in [0.2, 0.25) is 0 Å². The molecule has 100 valence electrons. The van der Waals surface area contributed by atoms with Crippen molar-refractivity contribution >= 4 is 5.78 Å². The normalized spacial score (nSPS) is 10.3. The molecule has 19 heavy (non-hydrogen) atoms. The summed E-state index contributed by atoms with van der Waals surface area (Å²) < 4.78 is 12.1. The molecule has 0 spiro atoms. The minimum absolute atomic E-state index is 0.0827. The predicted octanol–water partition coefficient (Wildman–Crippen LogP) is 2.15. The number of carbonyl (C=O) groups excluding carboxylic acids is 1. The molecule has 0 saturated carbocycles. The van der Waals surface area contributed by atoms with Crippen molar-refractivity contribution in [1.29, 1.82) is 0 Å². The fourth-order valence-corrected chi connectivity index (χ4v) is 1.80. The van der Waals surface area contributed by atoms with E-state index in [1.54, 1.807) is 49.5 Å². The molecular weight excluding hydrogens is 244 g/mol. The Balaban J connectivity index is 2.33. The number of ether oxygens (including phenoxy) is 2. The molecule has 0 aliphatic carbocycles. The Morgan fingerprint density at radius 1 is 1.21 bits per heavy atom. The number of aromatic nitrogens is 2. The summed E-state index contributed by atoms with van der Waals surface area (Å²) in [6.07, 6.45) is 3.31. The maximum atomic E-state index is 12.3. The molecule has 0 saturated heterocycles. The van der Waals surface area contributed by atoms with E-state index in [4.69, 9.17) is 9.47 Å². The lowest BCUT2D eigenvalue weighted by Crippen LogP contribution is -2.01. The summed E-state index contributed by atoms with van der Waals surface area (Å²) in [5.41, 5.74) is 1.11. The second-order valence-corrected chi connectivity index (χ2v) is 3.98. The largest absolute Gasteiger partial charge is 0.493 e. The van der Waals surface area contributed by atoms with Crippen molar-refractivity contribution in [3.63, 3.8) is 0 Å². The fraction of sp³-hybridized carbons (Fsp3) is 0.286. The molecule has 1 heterocycles. The van der Waals surface area contributed by atoms with Gasteiger partial charge < -0.3 is 9.47 Å². The number of hydrogen-bond acceptors (Lipinski definition) is 4. The van der Waals surface area contributed by atoms with Gasteiger partial charge >= 0.3 is 0 Å². The van der Waals surface area contributed by atoms with E-state index in [0.29, 0.717) is 22.6 Å². The summed E-state index contributed by atoms with van der Waals surface area (Å²) in [4.78, 5) is 12.3. The number of methoxy groups -OCH3 is 2. The van der Waals surface area contributed by atoms with E-state index in [-0.39, 0.29) is 5.78 Å². The molecule has 5 heteroatoms. The van der Waals surface area contributed by atoms with Gasteiger partial charge in [0.2, 0.25) is 0 Å². The molecule has 0 atom stereocenters. The third-order valence-corrected chi connectivity index (χ3v) is 2.87. The van der Waals surface area contributed by atoms with Gasteiger partial charge in [-0.15, -0.1) is 0 Å². The van der Waals surface area contributed by atoms with Crippen LogP contribution in [-0.2, 0) is 6.54 Å². The number of nitrogens with zero attached hydrogens (tertiary/aromatic N) is 2. The van der Waals surface area contributed by atoms with Crippen molar-refractivity contribution < 1.29 is 14.3 Å². The summed E-state index contributed by atoms with van der Waals surface area (Å²) in [7, 11) is 3.10. The van der Waals surface area contributed by atoms with E-state index in [9.17, 15) is 4.79 Å². The minimum Gasteiger partial charge on any atom is -0.493 e. The number of benzene rings is 1. The highest BCUT2D eigenvalue weighted by Crippen LogP contribution is 2.28. The second kappa shape index (κ2) is 5.56. The van der Waals surface area contributed by atoms with Gasteiger partial charge in [0.25, 0.3) is 0 Å². The topological polar surface area (TPSA) is 53.4 Å². The highest BCUT2D eigenvalue weighted by Gasteiger charge is 2.14. The molecule has 0 N–H and O–H groups in total. The van der Waals surface area contributed by atoms with E-state index in [1.807, 2.05) is 6.92 Å². The smallest absolute Gasteiger partial charge is 0.196 e. The first-order valence-electron chi connectivity index (χ1n) is 5.98. The molecule has 0 bridgehead atoms. The third kappa shape index (κ3) is 2.59. The number of aryl methyl sites for hydroxylation is 1. The lowest BCUT2D eigenvalue weighted by atomic mass is 10.1. The third-order valence-electron chi connectivity index (χ3n) is 2.87. The number of rotatable bonds is 5. The quantitative estimate of drug-likeness (QED) is 0.773. The average molecular weight is 260 g/mol. The lowest BCUT2D eigenvalue weighted by molar-refractivity contribution is 0.103. The molecule has 2 rings (SSSR count). The zero-order valence-corrected chi connectivity index (χ0v) is 11.2. The summed E-state index contributed by atoms with van der Waals surface area (Å²) in [6, 6.07) is 5.10. The molecule has 0 aliphatic rings. The van der Waals surface area contributed by atoms with E-state index in [2.05, 4.69) is 5.10 Å². The van der Waals surface area contributed by atoms with Crippen LogP contribution in [0.1, 0.15) is 22.8 Å². The van der Waals surface area contributed by atoms with E-state index < -0.39 is 0 Å². The maximum Gasteiger partial charge on any atom is 0.196 e. The van der Waals surface area contributed by atoms with Crippen LogP contribution >= 0.6 is 0 Å². The molecule has 1 aromatic heterocycles. The summed E-state index contributed by atoms with van der Waals surface area (Å²) >= 11 is 0. The molecule has 0 unspecified atom stereocenters. The van der Waals surface area contributed by atoms with Crippen LogP contribution in [-0.4, -0.2) is 29.8 Å². The summed E-state index contributed by atoms with van der Waals surface area (Å²) in [5, 5.41) is 4.10. The van der Waals surface area contributed by atoms with Crippen LogP contribution in [0.15, 0.2) is 30.6 Å². The first kappa shape index (κ1) is 13.1. The SMILES string of the molecule is CCn1cc(C(=O)c2ccc(OC)c(OC)c2)cn1. The predicted molar refractivity (Wildman–Crippen MR) is 70.9 cm³/mol. The Kier molecular flexibility index (Phi) is 3.85. The Morgan fingerprint density at radius 2 is 1.95 bits per heavy atom. The lowest BCUT2D eigenvalue weighted by Gasteiger charge is -2.08. The number of carbonyl (C=O) groups is 1. The van der Waals surface area contributed by atoms with Gasteiger partial charge in [0.05, 0.1) is 26.0 Å². The van der Waals surface area contributed by atoms with Gasteiger partial charge in [-0.25, -0.2) is 0 Å². The van der Waals surface area contributed by atoms with Gasteiger partial charge in [-0.05, 0) is 25.1 Å². The van der Waals surface area contributed by atoms with E-state index in [1.165, 1.54) is 0 Å². The molecule has 0 aliphatic heterocycles. The van der Waals surface area contributed by atoms with E-state index >= 15 is 0 Å². The van der Waals surface area contributed by atoms with Crippen molar-refractivity contribution in [2.45, 2.75) is 13.5 Å². The zero-order chi connectivity index (χ0) is 13.8. The number of ketones is 1. The second-order valence-electron chi connectivity index (χ2n) is 3.98. The average Bonchev–Trinajstić information content (AvgIpc) is 2.94. The first-order valence-corrected chi connectivity index (χ1v) is 5.98. The molecule has 1 aromatic carbocycles. The Bertz CT molecular complexity index is 590. The van der Waals surface area contributed by atoms with Crippen LogP contribution in [0.25, 0.3) is 0 Å². The van der Waals surface area contributed by atoms with Crippen LogP contribution < -0.4 is 9.47 Å². The van der Waals surface area contributed by atoms with Crippen molar-refractivity contribution in [3.8, 4) is 11.5 Å². The number of hydrogen-bond donors (Lipinski definition) is 0. The highest BCUT2D eigenvalue weighted by atomic mass is 16.5. The van der Waals surface area contributed by atoms with Gasteiger partial charge in [0.1, 0.15) is 0 Å².